The van der Waals surface area contributed by atoms with Crippen LogP contribution in [0.25, 0.3) is 17.0 Å². The van der Waals surface area contributed by atoms with Crippen molar-refractivity contribution in [3.63, 3.8) is 0 Å². The summed E-state index contributed by atoms with van der Waals surface area (Å²) >= 11 is 0. The van der Waals surface area contributed by atoms with Crippen LogP contribution in [-0.2, 0) is 0 Å². The van der Waals surface area contributed by atoms with E-state index in [2.05, 4.69) is 15.2 Å². The summed E-state index contributed by atoms with van der Waals surface area (Å²) in [5.74, 6) is 0.747. The maximum absolute atomic E-state index is 11.1. The second-order valence-electron chi connectivity index (χ2n) is 8.50. The minimum atomic E-state index is -0.605. The first kappa shape index (κ1) is 23.8. The maximum Gasteiger partial charge on any atom is 0.276 e. The molecule has 1 aliphatic heterocycles. The molecule has 8 nitrogen and oxygen atoms in total. The van der Waals surface area contributed by atoms with Gasteiger partial charge in [-0.15, -0.1) is 0 Å². The van der Waals surface area contributed by atoms with Gasteiger partial charge in [0.25, 0.3) is 5.69 Å². The number of benzene rings is 2. The first-order valence-electron chi connectivity index (χ1n) is 11.5. The molecule has 2 N–H and O–H groups in total. The lowest BCUT2D eigenvalue weighted by molar-refractivity contribution is -0.385. The highest BCUT2D eigenvalue weighted by atomic mass is 16.6. The van der Waals surface area contributed by atoms with Gasteiger partial charge in [-0.2, -0.15) is 0 Å². The van der Waals surface area contributed by atoms with Gasteiger partial charge in [0.05, 0.1) is 29.2 Å². The van der Waals surface area contributed by atoms with Crippen LogP contribution in [0.1, 0.15) is 30.1 Å². The molecule has 0 bridgehead atoms. The predicted molar refractivity (Wildman–Crippen MR) is 133 cm³/mol. The van der Waals surface area contributed by atoms with E-state index in [-0.39, 0.29) is 10.6 Å². The number of aliphatic hydroxyl groups is 1. The van der Waals surface area contributed by atoms with Gasteiger partial charge >= 0.3 is 0 Å². The molecule has 1 aliphatic rings. The van der Waals surface area contributed by atoms with Crippen LogP contribution in [-0.4, -0.2) is 59.2 Å². The van der Waals surface area contributed by atoms with Crippen LogP contribution in [0.5, 0.6) is 5.75 Å². The number of aliphatic hydroxyl groups excluding tert-OH is 1. The van der Waals surface area contributed by atoms with Crippen LogP contribution in [0, 0.1) is 10.1 Å². The molecule has 1 fully saturated rings. The molecule has 2 aromatic carbocycles. The maximum atomic E-state index is 11.1. The van der Waals surface area contributed by atoms with Crippen LogP contribution in [0.4, 0.5) is 5.69 Å². The van der Waals surface area contributed by atoms with Crippen LogP contribution >= 0.6 is 0 Å². The van der Waals surface area contributed by atoms with Crippen molar-refractivity contribution in [2.24, 2.45) is 0 Å². The number of likely N-dealkylation sites (tertiary alicyclic amines) is 1. The van der Waals surface area contributed by atoms with E-state index in [1.807, 2.05) is 30.3 Å². The Labute approximate surface area is 199 Å². The second-order valence-corrected chi connectivity index (χ2v) is 8.50. The molecule has 34 heavy (non-hydrogen) atoms. The van der Waals surface area contributed by atoms with Crippen molar-refractivity contribution in [3.05, 3.63) is 82.0 Å². The highest BCUT2D eigenvalue weighted by Gasteiger charge is 2.22. The molecule has 178 valence electrons. The highest BCUT2D eigenvalue weighted by molar-refractivity contribution is 5.83. The first-order valence-corrected chi connectivity index (χ1v) is 11.5. The van der Waals surface area contributed by atoms with E-state index >= 15 is 0 Å². The monoisotopic (exact) mass is 462 g/mol. The summed E-state index contributed by atoms with van der Waals surface area (Å²) in [5.41, 5.74) is 2.43. The fraction of sp³-hybridized carbons (Fsp3) is 0.346. The standard InChI is InChI=1S/C26H30N4O4/c1-34-21-8-9-24-23(17-21)22(10-14-28-24)26(31)18-29-15-11-20(12-16-29)27-13-4-6-19-5-2-3-7-25(19)30(32)33/h2-10,14,17,20,26-27,31H,11-13,15-16,18H2,1H3/t26-/m0/s1. The smallest absolute Gasteiger partial charge is 0.276 e. The molecule has 0 aliphatic carbocycles. The summed E-state index contributed by atoms with van der Waals surface area (Å²) in [4.78, 5) is 17.4. The summed E-state index contributed by atoms with van der Waals surface area (Å²) in [7, 11) is 1.63. The molecule has 8 heteroatoms. The molecule has 0 saturated carbocycles. The zero-order chi connectivity index (χ0) is 23.9. The Hall–Kier alpha value is -3.33. The summed E-state index contributed by atoms with van der Waals surface area (Å²) in [6.45, 7) is 3.02. The quantitative estimate of drug-likeness (QED) is 0.367. The minimum absolute atomic E-state index is 0.117. The van der Waals surface area contributed by atoms with E-state index in [4.69, 9.17) is 4.74 Å². The Morgan fingerprint density at radius 3 is 2.82 bits per heavy atom. The average Bonchev–Trinajstić information content (AvgIpc) is 2.87. The molecule has 0 radical (unpaired) electrons. The number of para-hydroxylation sites is 1. The summed E-state index contributed by atoms with van der Waals surface area (Å²) in [6.07, 6.45) is 6.83. The summed E-state index contributed by atoms with van der Waals surface area (Å²) in [6, 6.07) is 14.7. The second kappa shape index (κ2) is 11.2. The number of aromatic nitrogens is 1. The van der Waals surface area contributed by atoms with Gasteiger partial charge in [0.15, 0.2) is 0 Å². The Bertz CT molecular complexity index is 1160. The van der Waals surface area contributed by atoms with Crippen molar-refractivity contribution in [1.29, 1.82) is 0 Å². The van der Waals surface area contributed by atoms with Gasteiger partial charge in [0, 0.05) is 36.8 Å². The number of rotatable bonds is 9. The molecular formula is C26H30N4O4. The van der Waals surface area contributed by atoms with Crippen molar-refractivity contribution in [2.75, 3.05) is 33.3 Å². The van der Waals surface area contributed by atoms with Crippen molar-refractivity contribution in [1.82, 2.24) is 15.2 Å². The number of piperidine rings is 1. The molecule has 0 amide bonds. The number of ether oxygens (including phenoxy) is 1. The number of hydrogen-bond acceptors (Lipinski definition) is 7. The zero-order valence-electron chi connectivity index (χ0n) is 19.3. The number of fused-ring (bicyclic) bond motifs is 1. The Kier molecular flexibility index (Phi) is 7.84. The SMILES string of the molecule is COc1ccc2nccc([C@@H](O)CN3CCC(NCC=Cc4ccccc4[N+](=O)[O-])CC3)c2c1. The molecule has 3 aromatic rings. The van der Waals surface area contributed by atoms with Gasteiger partial charge in [-0.1, -0.05) is 24.3 Å². The van der Waals surface area contributed by atoms with E-state index in [1.54, 1.807) is 37.6 Å². The van der Waals surface area contributed by atoms with Gasteiger partial charge < -0.3 is 20.1 Å². The third-order valence-electron chi connectivity index (χ3n) is 6.32. The van der Waals surface area contributed by atoms with Crippen molar-refractivity contribution >= 4 is 22.7 Å². The number of nitrogens with one attached hydrogen (secondary N) is 1. The lowest BCUT2D eigenvalue weighted by atomic mass is 10.0. The first-order chi connectivity index (χ1) is 16.5. The summed E-state index contributed by atoms with van der Waals surface area (Å²) in [5, 5.41) is 26.5. The average molecular weight is 463 g/mol. The molecule has 1 atom stereocenters. The topological polar surface area (TPSA) is 101 Å². The molecular weight excluding hydrogens is 432 g/mol. The molecule has 1 saturated heterocycles. The number of nitro benzene ring substituents is 1. The van der Waals surface area contributed by atoms with Crippen LogP contribution in [0.3, 0.4) is 0 Å². The van der Waals surface area contributed by atoms with Gasteiger partial charge in [-0.25, -0.2) is 0 Å². The minimum Gasteiger partial charge on any atom is -0.497 e. The van der Waals surface area contributed by atoms with Gasteiger partial charge in [-0.05, 0) is 61.8 Å². The van der Waals surface area contributed by atoms with E-state index < -0.39 is 6.10 Å². The molecule has 1 aromatic heterocycles. The van der Waals surface area contributed by atoms with Crippen LogP contribution in [0.2, 0.25) is 0 Å². The van der Waals surface area contributed by atoms with E-state index in [0.29, 0.717) is 24.7 Å². The number of nitrogens with zero attached hydrogens (tertiary/aromatic N) is 3. The van der Waals surface area contributed by atoms with Crippen molar-refractivity contribution < 1.29 is 14.8 Å². The number of pyridine rings is 1. The third kappa shape index (κ3) is 5.77. The van der Waals surface area contributed by atoms with Gasteiger partial charge in [-0.3, -0.25) is 15.1 Å². The third-order valence-corrected chi connectivity index (χ3v) is 6.32. The number of nitro groups is 1. The van der Waals surface area contributed by atoms with Gasteiger partial charge in [0.1, 0.15) is 5.75 Å². The fourth-order valence-electron chi connectivity index (χ4n) is 4.44. The van der Waals surface area contributed by atoms with E-state index in [9.17, 15) is 15.2 Å². The van der Waals surface area contributed by atoms with Crippen molar-refractivity contribution in [3.8, 4) is 5.75 Å². The predicted octanol–water partition coefficient (Wildman–Crippen LogP) is 3.95. The highest BCUT2D eigenvalue weighted by Crippen LogP contribution is 2.28. The lowest BCUT2D eigenvalue weighted by Gasteiger charge is -2.33. The normalized spacial score (nSPS) is 16.2. The molecule has 4 rings (SSSR count). The van der Waals surface area contributed by atoms with Gasteiger partial charge in [0.2, 0.25) is 0 Å². The molecule has 2 heterocycles. The molecule has 0 unspecified atom stereocenters. The Morgan fingerprint density at radius 2 is 2.06 bits per heavy atom. The van der Waals surface area contributed by atoms with Crippen LogP contribution < -0.4 is 10.1 Å². The summed E-state index contributed by atoms with van der Waals surface area (Å²) < 4.78 is 5.34. The van der Waals surface area contributed by atoms with E-state index in [0.717, 1.165) is 48.1 Å². The van der Waals surface area contributed by atoms with Crippen molar-refractivity contribution in [2.45, 2.75) is 25.0 Å². The molecule has 0 spiro atoms. The van der Waals surface area contributed by atoms with E-state index in [1.165, 1.54) is 6.07 Å². The van der Waals surface area contributed by atoms with Crippen LogP contribution in [0.15, 0.2) is 60.8 Å². The Balaban J connectivity index is 1.27. The number of β-amino-alcohol motifs (C(OH)–C–C–N with tert-alkyl or cyclic N) is 1. The zero-order valence-corrected chi connectivity index (χ0v) is 19.3. The number of hydrogen-bond donors (Lipinski definition) is 2. The Morgan fingerprint density at radius 1 is 1.26 bits per heavy atom. The lowest BCUT2D eigenvalue weighted by Crippen LogP contribution is -2.43. The largest absolute Gasteiger partial charge is 0.497 e. The number of methoxy groups -OCH3 is 1. The fourth-order valence-corrected chi connectivity index (χ4v) is 4.44.